The van der Waals surface area contributed by atoms with E-state index in [1.165, 1.54) is 25.7 Å². The van der Waals surface area contributed by atoms with Gasteiger partial charge in [-0.1, -0.05) is 32.6 Å². The topological polar surface area (TPSA) is 26.3 Å². The number of hydrogen-bond donors (Lipinski definition) is 0. The molecule has 2 heteroatoms. The third-order valence-corrected chi connectivity index (χ3v) is 2.66. The Bertz CT molecular complexity index is 137. The van der Waals surface area contributed by atoms with Gasteiger partial charge < -0.3 is 4.74 Å². The molecule has 1 rings (SSSR count). The van der Waals surface area contributed by atoms with Crippen LogP contribution in [0, 0.1) is 0 Å². The van der Waals surface area contributed by atoms with Crippen molar-refractivity contribution in [3.8, 4) is 0 Å². The minimum absolute atomic E-state index is 0.289. The molecule has 1 unspecified atom stereocenters. The van der Waals surface area contributed by atoms with Crippen LogP contribution in [0.25, 0.3) is 0 Å². The van der Waals surface area contributed by atoms with Crippen molar-refractivity contribution in [1.82, 2.24) is 0 Å². The van der Waals surface area contributed by atoms with Gasteiger partial charge in [0, 0.05) is 0 Å². The monoisotopic (exact) mass is 183 g/mol. The van der Waals surface area contributed by atoms with E-state index in [0.29, 0.717) is 6.10 Å². The number of rotatable bonds is 4. The van der Waals surface area contributed by atoms with Crippen LogP contribution < -0.4 is 0 Å². The fourth-order valence-electron chi connectivity index (χ4n) is 1.82. The van der Waals surface area contributed by atoms with E-state index in [0.717, 1.165) is 19.3 Å². The van der Waals surface area contributed by atoms with E-state index >= 15 is 0 Å². The molecule has 0 aromatic rings. The highest BCUT2D eigenvalue weighted by Gasteiger charge is 2.16. The highest BCUT2D eigenvalue weighted by molar-refractivity contribution is 5.56. The Balaban J connectivity index is 2.28. The van der Waals surface area contributed by atoms with Crippen molar-refractivity contribution in [3.63, 3.8) is 0 Å². The minimum Gasteiger partial charge on any atom is -0.367 e. The molecule has 1 fully saturated rings. The Morgan fingerprint density at radius 2 is 1.92 bits per heavy atom. The highest BCUT2D eigenvalue weighted by Crippen LogP contribution is 2.21. The summed E-state index contributed by atoms with van der Waals surface area (Å²) in [5.41, 5.74) is 0. The van der Waals surface area contributed by atoms with Gasteiger partial charge in [-0.25, -0.2) is 0 Å². The summed E-state index contributed by atoms with van der Waals surface area (Å²) in [6, 6.07) is 0. The maximum Gasteiger partial charge on any atom is 0.229 e. The molecule has 0 spiro atoms. The molecule has 0 aliphatic heterocycles. The average molecular weight is 183 g/mol. The molecular weight excluding hydrogens is 164 g/mol. The van der Waals surface area contributed by atoms with Gasteiger partial charge in [-0.05, 0) is 19.3 Å². The zero-order chi connectivity index (χ0) is 9.52. The first-order valence-corrected chi connectivity index (χ1v) is 5.40. The first-order valence-electron chi connectivity index (χ1n) is 5.40. The molecule has 1 aliphatic carbocycles. The summed E-state index contributed by atoms with van der Waals surface area (Å²) in [4.78, 5) is 10.4. The van der Waals surface area contributed by atoms with Crippen LogP contribution in [0.1, 0.15) is 51.9 Å². The summed E-state index contributed by atoms with van der Waals surface area (Å²) < 4.78 is 5.65. The number of carbonyl (C=O) groups excluding carboxylic acids is 1. The molecule has 0 saturated heterocycles. The van der Waals surface area contributed by atoms with Gasteiger partial charge in [-0.2, -0.15) is 0 Å². The second-order valence-electron chi connectivity index (χ2n) is 3.76. The van der Waals surface area contributed by atoms with Gasteiger partial charge in [0.05, 0.1) is 6.10 Å². The quantitative estimate of drug-likeness (QED) is 0.626. The van der Waals surface area contributed by atoms with Crippen molar-refractivity contribution < 1.29 is 9.53 Å². The predicted molar refractivity (Wildman–Crippen MR) is 52.3 cm³/mol. The van der Waals surface area contributed by atoms with Crippen LogP contribution in [0.4, 0.5) is 0 Å². The molecule has 0 amide bonds. The fraction of sp³-hybridized carbons (Fsp3) is 0.909. The number of ether oxygens (including phenoxy) is 1. The van der Waals surface area contributed by atoms with Crippen molar-refractivity contribution in [2.75, 3.05) is 0 Å². The van der Waals surface area contributed by atoms with Crippen LogP contribution >= 0.6 is 0 Å². The smallest absolute Gasteiger partial charge is 0.229 e. The Labute approximate surface area is 80.7 Å². The molecule has 1 radical (unpaired) electrons. The zero-order valence-corrected chi connectivity index (χ0v) is 8.42. The normalized spacial score (nSPS) is 22.2. The van der Waals surface area contributed by atoms with Crippen LogP contribution in [0.15, 0.2) is 0 Å². The van der Waals surface area contributed by atoms with E-state index in [2.05, 4.69) is 0 Å². The molecule has 1 atom stereocenters. The lowest BCUT2D eigenvalue weighted by Crippen LogP contribution is -2.22. The lowest BCUT2D eigenvalue weighted by atomic mass is 10.1. The van der Waals surface area contributed by atoms with Crippen molar-refractivity contribution in [1.29, 1.82) is 0 Å². The molecule has 1 aliphatic rings. The standard InChI is InChI=1S/C11H19O2/c1-2-10(9-12)13-11-7-5-3-4-6-8-11/h10-11H,2-8H2,1H3. The van der Waals surface area contributed by atoms with Crippen LogP contribution in [0.5, 0.6) is 0 Å². The highest BCUT2D eigenvalue weighted by atomic mass is 16.5. The first-order chi connectivity index (χ1) is 6.36. The first kappa shape index (κ1) is 10.7. The molecule has 0 aromatic heterocycles. The van der Waals surface area contributed by atoms with Gasteiger partial charge >= 0.3 is 0 Å². The van der Waals surface area contributed by atoms with Crippen LogP contribution in [-0.4, -0.2) is 18.5 Å². The largest absolute Gasteiger partial charge is 0.367 e. The van der Waals surface area contributed by atoms with Gasteiger partial charge in [-0.15, -0.1) is 0 Å². The maximum atomic E-state index is 10.4. The molecule has 0 heterocycles. The second kappa shape index (κ2) is 6.14. The van der Waals surface area contributed by atoms with E-state index < -0.39 is 0 Å². The van der Waals surface area contributed by atoms with E-state index in [1.54, 1.807) is 0 Å². The van der Waals surface area contributed by atoms with E-state index in [-0.39, 0.29) is 6.10 Å². The zero-order valence-electron chi connectivity index (χ0n) is 8.42. The third-order valence-electron chi connectivity index (χ3n) is 2.66. The summed E-state index contributed by atoms with van der Waals surface area (Å²) in [5, 5.41) is 0. The van der Waals surface area contributed by atoms with E-state index in [4.69, 9.17) is 4.74 Å². The van der Waals surface area contributed by atoms with Gasteiger partial charge in [0.2, 0.25) is 6.29 Å². The second-order valence-corrected chi connectivity index (χ2v) is 3.76. The number of hydrogen-bond acceptors (Lipinski definition) is 2. The van der Waals surface area contributed by atoms with Crippen LogP contribution in [-0.2, 0) is 9.53 Å². The van der Waals surface area contributed by atoms with Gasteiger partial charge in [0.25, 0.3) is 0 Å². The molecule has 0 N–H and O–H groups in total. The molecule has 0 aromatic carbocycles. The lowest BCUT2D eigenvalue weighted by molar-refractivity contribution is 0.0122. The Morgan fingerprint density at radius 3 is 2.38 bits per heavy atom. The molecule has 2 nitrogen and oxygen atoms in total. The minimum atomic E-state index is -0.289. The van der Waals surface area contributed by atoms with E-state index in [1.807, 2.05) is 13.2 Å². The molecule has 0 bridgehead atoms. The van der Waals surface area contributed by atoms with Crippen molar-refractivity contribution in [3.05, 3.63) is 0 Å². The van der Waals surface area contributed by atoms with Gasteiger partial charge in [-0.3, -0.25) is 4.79 Å². The van der Waals surface area contributed by atoms with E-state index in [9.17, 15) is 4.79 Å². The van der Waals surface area contributed by atoms with Crippen molar-refractivity contribution in [2.24, 2.45) is 0 Å². The molecule has 1 saturated carbocycles. The summed E-state index contributed by atoms with van der Waals surface area (Å²) in [5.74, 6) is 0. The van der Waals surface area contributed by atoms with Crippen molar-refractivity contribution in [2.45, 2.75) is 64.1 Å². The molecule has 75 valence electrons. The Hall–Kier alpha value is -0.370. The average Bonchev–Trinajstić information content (AvgIpc) is 2.42. The summed E-state index contributed by atoms with van der Waals surface area (Å²) in [7, 11) is 0. The lowest BCUT2D eigenvalue weighted by Gasteiger charge is -2.18. The third kappa shape index (κ3) is 3.90. The maximum absolute atomic E-state index is 10.4. The summed E-state index contributed by atoms with van der Waals surface area (Å²) >= 11 is 0. The summed E-state index contributed by atoms with van der Waals surface area (Å²) in [6.45, 7) is 1.96. The Morgan fingerprint density at radius 1 is 1.31 bits per heavy atom. The molecule has 13 heavy (non-hydrogen) atoms. The molecular formula is C11H19O2. The SMILES string of the molecule is CCC([C]=O)OC1CCCCCC1. The predicted octanol–water partition coefficient (Wildman–Crippen LogP) is 2.61. The van der Waals surface area contributed by atoms with Crippen molar-refractivity contribution >= 4 is 6.29 Å². The summed E-state index contributed by atoms with van der Waals surface area (Å²) in [6.07, 6.45) is 10.1. The Kier molecular flexibility index (Phi) is 5.06. The fourth-order valence-corrected chi connectivity index (χ4v) is 1.82. The van der Waals surface area contributed by atoms with Gasteiger partial charge in [0.15, 0.2) is 0 Å². The van der Waals surface area contributed by atoms with Crippen LogP contribution in [0.3, 0.4) is 0 Å². The van der Waals surface area contributed by atoms with Gasteiger partial charge in [0.1, 0.15) is 6.10 Å². The van der Waals surface area contributed by atoms with Crippen LogP contribution in [0.2, 0.25) is 0 Å².